The lowest BCUT2D eigenvalue weighted by atomic mass is 10.0. The van der Waals surface area contributed by atoms with Crippen molar-refractivity contribution in [3.8, 4) is 11.5 Å². The van der Waals surface area contributed by atoms with Gasteiger partial charge in [0.05, 0.1) is 46.6 Å². The zero-order chi connectivity index (χ0) is 28.7. The van der Waals surface area contributed by atoms with E-state index in [1.165, 1.54) is 90.0 Å². The predicted octanol–water partition coefficient (Wildman–Crippen LogP) is 10.2. The van der Waals surface area contributed by atoms with Gasteiger partial charge in [-0.15, -0.1) is 0 Å². The molecule has 0 aliphatic carbocycles. The van der Waals surface area contributed by atoms with Gasteiger partial charge in [-0.25, -0.2) is 0 Å². The maximum Gasteiger partial charge on any atom is 0.119 e. The summed E-state index contributed by atoms with van der Waals surface area (Å²) in [5.41, 5.74) is 2.00. The largest absolute Gasteiger partial charge is 0.494 e. The highest BCUT2D eigenvalue weighted by Crippen LogP contribution is 2.19. The van der Waals surface area contributed by atoms with Gasteiger partial charge >= 0.3 is 0 Å². The Labute approximate surface area is 246 Å². The van der Waals surface area contributed by atoms with Gasteiger partial charge in [-0.05, 0) is 79.8 Å². The van der Waals surface area contributed by atoms with E-state index in [-0.39, 0.29) is 0 Å². The molecule has 0 saturated heterocycles. The lowest BCUT2D eigenvalue weighted by Gasteiger charge is -2.23. The SMILES string of the molecule is CCCCOc1ccc(N=Cc2ccc(OCCCCCCCCCCCCCCCC[N+](C)(C)C)cc2)cc1. The number of rotatable bonds is 24. The van der Waals surface area contributed by atoms with Crippen LogP contribution in [0.1, 0.15) is 115 Å². The van der Waals surface area contributed by atoms with E-state index < -0.39 is 0 Å². The van der Waals surface area contributed by atoms with Gasteiger partial charge < -0.3 is 14.0 Å². The number of hydrogen-bond acceptors (Lipinski definition) is 3. The number of hydrogen-bond donors (Lipinski definition) is 0. The Balaban J connectivity index is 1.41. The van der Waals surface area contributed by atoms with Crippen molar-refractivity contribution in [1.29, 1.82) is 0 Å². The molecule has 0 aromatic heterocycles. The van der Waals surface area contributed by atoms with Crippen molar-refractivity contribution in [3.63, 3.8) is 0 Å². The lowest BCUT2D eigenvalue weighted by molar-refractivity contribution is -0.870. The maximum atomic E-state index is 5.95. The number of benzene rings is 2. The van der Waals surface area contributed by atoms with Crippen molar-refractivity contribution in [1.82, 2.24) is 0 Å². The van der Waals surface area contributed by atoms with Crippen molar-refractivity contribution in [2.24, 2.45) is 4.99 Å². The van der Waals surface area contributed by atoms with E-state index in [1.54, 1.807) is 0 Å². The van der Waals surface area contributed by atoms with Crippen LogP contribution in [-0.4, -0.2) is 51.6 Å². The molecule has 0 fully saturated rings. The van der Waals surface area contributed by atoms with Gasteiger partial charge in [-0.1, -0.05) is 84.0 Å². The van der Waals surface area contributed by atoms with Crippen LogP contribution in [0.25, 0.3) is 0 Å². The Morgan fingerprint density at radius 2 is 0.975 bits per heavy atom. The monoisotopic (exact) mass is 551 g/mol. The normalized spacial score (nSPS) is 11.8. The van der Waals surface area contributed by atoms with Crippen molar-refractivity contribution >= 4 is 11.9 Å². The minimum atomic E-state index is 0.770. The van der Waals surface area contributed by atoms with Gasteiger partial charge in [-0.3, -0.25) is 4.99 Å². The van der Waals surface area contributed by atoms with E-state index in [0.29, 0.717) is 0 Å². The molecule has 0 aliphatic rings. The molecular formula is C36H59N2O2+. The van der Waals surface area contributed by atoms with Crippen LogP contribution in [0.2, 0.25) is 0 Å². The Morgan fingerprint density at radius 3 is 1.45 bits per heavy atom. The second-order valence-corrected chi connectivity index (χ2v) is 12.3. The molecule has 0 amide bonds. The highest BCUT2D eigenvalue weighted by Gasteiger charge is 2.05. The molecule has 0 saturated carbocycles. The molecule has 40 heavy (non-hydrogen) atoms. The van der Waals surface area contributed by atoms with E-state index in [0.717, 1.165) is 59.7 Å². The number of aliphatic imine (C=N–C) groups is 1. The standard InChI is InChI=1S/C36H59N2O2/c1-5-6-30-39-36-27-23-34(24-28-36)37-32-33-21-25-35(26-22-33)40-31-20-18-16-14-12-10-8-7-9-11-13-15-17-19-29-38(2,3)4/h21-28,32H,5-20,29-31H2,1-4H3/q+1. The Morgan fingerprint density at radius 1 is 0.550 bits per heavy atom. The molecule has 4 nitrogen and oxygen atoms in total. The van der Waals surface area contributed by atoms with Gasteiger partial charge in [0.15, 0.2) is 0 Å². The molecule has 0 spiro atoms. The van der Waals surface area contributed by atoms with Crippen LogP contribution in [0.5, 0.6) is 11.5 Å². The van der Waals surface area contributed by atoms with Crippen molar-refractivity contribution in [2.45, 2.75) is 110 Å². The molecule has 0 unspecified atom stereocenters. The quantitative estimate of drug-likeness (QED) is 0.0738. The highest BCUT2D eigenvalue weighted by atomic mass is 16.5. The number of nitrogens with zero attached hydrogens (tertiary/aromatic N) is 2. The Hall–Kier alpha value is -2.33. The van der Waals surface area contributed by atoms with Crippen molar-refractivity contribution < 1.29 is 14.0 Å². The zero-order valence-electron chi connectivity index (χ0n) is 26.3. The Bertz CT molecular complexity index is 885. The summed E-state index contributed by atoms with van der Waals surface area (Å²) in [5, 5.41) is 0. The first-order valence-corrected chi connectivity index (χ1v) is 16.3. The first-order chi connectivity index (χ1) is 19.5. The van der Waals surface area contributed by atoms with Crippen LogP contribution < -0.4 is 9.47 Å². The number of unbranched alkanes of at least 4 members (excludes halogenated alkanes) is 14. The molecular weight excluding hydrogens is 492 g/mol. The van der Waals surface area contributed by atoms with Crippen molar-refractivity contribution in [2.75, 3.05) is 40.9 Å². The zero-order valence-corrected chi connectivity index (χ0v) is 26.3. The van der Waals surface area contributed by atoms with E-state index in [4.69, 9.17) is 9.47 Å². The topological polar surface area (TPSA) is 30.8 Å². The summed E-state index contributed by atoms with van der Waals surface area (Å²) in [5.74, 6) is 1.84. The minimum Gasteiger partial charge on any atom is -0.494 e. The fraction of sp³-hybridized carbons (Fsp3) is 0.639. The molecule has 0 bridgehead atoms. The van der Waals surface area contributed by atoms with Gasteiger partial charge in [0.1, 0.15) is 11.5 Å². The third-order valence-electron chi connectivity index (χ3n) is 7.34. The van der Waals surface area contributed by atoms with E-state index in [2.05, 4.69) is 45.2 Å². The van der Waals surface area contributed by atoms with Gasteiger partial charge in [0.25, 0.3) is 0 Å². The molecule has 0 N–H and O–H groups in total. The maximum absolute atomic E-state index is 5.95. The van der Waals surface area contributed by atoms with E-state index in [9.17, 15) is 0 Å². The molecule has 224 valence electrons. The summed E-state index contributed by atoms with van der Waals surface area (Å²) in [6.07, 6.45) is 23.4. The van der Waals surface area contributed by atoms with Crippen molar-refractivity contribution in [3.05, 3.63) is 54.1 Å². The molecule has 2 aromatic carbocycles. The molecule has 0 aliphatic heterocycles. The first-order valence-electron chi connectivity index (χ1n) is 16.3. The highest BCUT2D eigenvalue weighted by molar-refractivity contribution is 5.82. The van der Waals surface area contributed by atoms with Crippen LogP contribution in [0.15, 0.2) is 53.5 Å². The predicted molar refractivity (Wildman–Crippen MR) is 174 cm³/mol. The molecule has 0 radical (unpaired) electrons. The van der Waals surface area contributed by atoms with Crippen LogP contribution >= 0.6 is 0 Å². The van der Waals surface area contributed by atoms with Crippen LogP contribution in [-0.2, 0) is 0 Å². The molecule has 0 heterocycles. The Kier molecular flexibility index (Phi) is 18.1. The van der Waals surface area contributed by atoms with Gasteiger partial charge in [0.2, 0.25) is 0 Å². The van der Waals surface area contributed by atoms with Crippen LogP contribution in [0, 0.1) is 0 Å². The van der Waals surface area contributed by atoms with Crippen LogP contribution in [0.4, 0.5) is 5.69 Å². The fourth-order valence-corrected chi connectivity index (χ4v) is 4.76. The summed E-state index contributed by atoms with van der Waals surface area (Å²) >= 11 is 0. The third-order valence-corrected chi connectivity index (χ3v) is 7.34. The lowest BCUT2D eigenvalue weighted by Crippen LogP contribution is -2.35. The average Bonchev–Trinajstić information content (AvgIpc) is 2.94. The second kappa shape index (κ2) is 21.4. The molecule has 2 aromatic rings. The van der Waals surface area contributed by atoms with Gasteiger partial charge in [-0.2, -0.15) is 0 Å². The molecule has 4 heteroatoms. The second-order valence-electron chi connectivity index (χ2n) is 12.3. The minimum absolute atomic E-state index is 0.770. The number of quaternary nitrogens is 1. The third kappa shape index (κ3) is 18.1. The summed E-state index contributed by atoms with van der Waals surface area (Å²) in [7, 11) is 6.88. The summed E-state index contributed by atoms with van der Waals surface area (Å²) in [4.78, 5) is 4.58. The van der Waals surface area contributed by atoms with Gasteiger partial charge in [0, 0.05) is 6.21 Å². The summed E-state index contributed by atoms with van der Waals surface area (Å²) in [6.45, 7) is 5.05. The molecule has 0 atom stereocenters. The first kappa shape index (κ1) is 33.9. The summed E-state index contributed by atoms with van der Waals surface area (Å²) < 4.78 is 12.8. The molecule has 2 rings (SSSR count). The smallest absolute Gasteiger partial charge is 0.119 e. The average molecular weight is 552 g/mol. The fourth-order valence-electron chi connectivity index (χ4n) is 4.76. The van der Waals surface area contributed by atoms with E-state index in [1.807, 2.05) is 42.6 Å². The number of ether oxygens (including phenoxy) is 2. The van der Waals surface area contributed by atoms with Crippen LogP contribution in [0.3, 0.4) is 0 Å². The summed E-state index contributed by atoms with van der Waals surface area (Å²) in [6, 6.07) is 16.2. The van der Waals surface area contributed by atoms with E-state index >= 15 is 0 Å².